The molecule has 0 fully saturated rings. The van der Waals surface area contributed by atoms with E-state index >= 15 is 0 Å². The minimum absolute atomic E-state index is 0.206. The molecule has 1 aromatic carbocycles. The van der Waals surface area contributed by atoms with Gasteiger partial charge in [0.2, 0.25) is 0 Å². The molecule has 0 saturated carbocycles. The Morgan fingerprint density at radius 1 is 1.19 bits per heavy atom. The molecule has 1 amide bonds. The summed E-state index contributed by atoms with van der Waals surface area (Å²) in [6, 6.07) is 10.4. The lowest BCUT2D eigenvalue weighted by Crippen LogP contribution is -2.13. The summed E-state index contributed by atoms with van der Waals surface area (Å²) >= 11 is 5.79. The number of aromatic nitrogens is 1. The highest BCUT2D eigenvalue weighted by Gasteiger charge is 2.06. The molecule has 2 rings (SSSR count). The van der Waals surface area contributed by atoms with E-state index in [0.29, 0.717) is 22.3 Å². The Labute approximate surface area is 129 Å². The number of hydrogen-bond acceptors (Lipinski definition) is 3. The summed E-state index contributed by atoms with van der Waals surface area (Å²) in [5.74, 6) is 0.876. The second-order valence-electron chi connectivity index (χ2n) is 5.17. The van der Waals surface area contributed by atoms with Gasteiger partial charge in [-0.05, 0) is 42.3 Å². The molecule has 5 heteroatoms. The molecule has 1 heterocycles. The highest BCUT2D eigenvalue weighted by atomic mass is 35.5. The third-order valence-corrected chi connectivity index (χ3v) is 3.08. The van der Waals surface area contributed by atoms with E-state index in [1.165, 1.54) is 0 Å². The Bertz CT molecular complexity index is 594. The number of pyridine rings is 1. The SMILES string of the molecule is CC(C)CNc1ccc(NC(=O)c2ccc(Cl)cc2)nc1. The monoisotopic (exact) mass is 303 g/mol. The van der Waals surface area contributed by atoms with E-state index in [9.17, 15) is 4.79 Å². The van der Waals surface area contributed by atoms with Crippen LogP contribution in [-0.2, 0) is 0 Å². The summed E-state index contributed by atoms with van der Waals surface area (Å²) in [6.45, 7) is 5.17. The van der Waals surface area contributed by atoms with Crippen LogP contribution < -0.4 is 10.6 Å². The zero-order chi connectivity index (χ0) is 15.2. The van der Waals surface area contributed by atoms with Crippen LogP contribution in [0.2, 0.25) is 5.02 Å². The zero-order valence-electron chi connectivity index (χ0n) is 12.1. The summed E-state index contributed by atoms with van der Waals surface area (Å²) in [6.07, 6.45) is 1.71. The van der Waals surface area contributed by atoms with Crippen molar-refractivity contribution in [1.82, 2.24) is 4.98 Å². The maximum atomic E-state index is 12.0. The van der Waals surface area contributed by atoms with Crippen molar-refractivity contribution < 1.29 is 4.79 Å². The van der Waals surface area contributed by atoms with Crippen molar-refractivity contribution in [3.8, 4) is 0 Å². The summed E-state index contributed by atoms with van der Waals surface area (Å²) < 4.78 is 0. The molecule has 110 valence electrons. The first-order valence-electron chi connectivity index (χ1n) is 6.81. The van der Waals surface area contributed by atoms with Gasteiger partial charge in [-0.25, -0.2) is 4.98 Å². The lowest BCUT2D eigenvalue weighted by atomic mass is 10.2. The van der Waals surface area contributed by atoms with E-state index in [0.717, 1.165) is 12.2 Å². The molecule has 0 radical (unpaired) electrons. The molecule has 0 unspecified atom stereocenters. The van der Waals surface area contributed by atoms with Crippen molar-refractivity contribution in [3.05, 3.63) is 53.2 Å². The fourth-order valence-corrected chi connectivity index (χ4v) is 1.81. The number of amides is 1. The van der Waals surface area contributed by atoms with Crippen molar-refractivity contribution in [2.75, 3.05) is 17.2 Å². The van der Waals surface area contributed by atoms with Crippen LogP contribution in [0.3, 0.4) is 0 Å². The Hall–Kier alpha value is -2.07. The second kappa shape index (κ2) is 7.09. The molecular weight excluding hydrogens is 286 g/mol. The highest BCUT2D eigenvalue weighted by Crippen LogP contribution is 2.13. The van der Waals surface area contributed by atoms with Crippen molar-refractivity contribution in [1.29, 1.82) is 0 Å². The van der Waals surface area contributed by atoms with Gasteiger partial charge in [-0.15, -0.1) is 0 Å². The van der Waals surface area contributed by atoms with Crippen LogP contribution in [0, 0.1) is 5.92 Å². The zero-order valence-corrected chi connectivity index (χ0v) is 12.8. The molecule has 0 aliphatic heterocycles. The van der Waals surface area contributed by atoms with Gasteiger partial charge in [0.1, 0.15) is 5.82 Å². The topological polar surface area (TPSA) is 54.0 Å². The Balaban J connectivity index is 1.96. The number of carbonyl (C=O) groups excluding carboxylic acids is 1. The average Bonchev–Trinajstić information content (AvgIpc) is 2.47. The quantitative estimate of drug-likeness (QED) is 0.876. The van der Waals surface area contributed by atoms with Gasteiger partial charge in [-0.3, -0.25) is 4.79 Å². The van der Waals surface area contributed by atoms with E-state index in [1.54, 1.807) is 36.5 Å². The molecule has 0 aliphatic rings. The molecular formula is C16H18ClN3O. The van der Waals surface area contributed by atoms with Gasteiger partial charge in [0, 0.05) is 17.1 Å². The number of halogens is 1. The standard InChI is InChI=1S/C16H18ClN3O/c1-11(2)9-18-14-7-8-15(19-10-14)20-16(21)12-3-5-13(17)6-4-12/h3-8,10-11,18H,9H2,1-2H3,(H,19,20,21). The lowest BCUT2D eigenvalue weighted by Gasteiger charge is -2.09. The fourth-order valence-electron chi connectivity index (χ4n) is 1.68. The Morgan fingerprint density at radius 2 is 1.90 bits per heavy atom. The lowest BCUT2D eigenvalue weighted by molar-refractivity contribution is 0.102. The summed E-state index contributed by atoms with van der Waals surface area (Å²) in [7, 11) is 0. The van der Waals surface area contributed by atoms with Crippen molar-refractivity contribution in [3.63, 3.8) is 0 Å². The Morgan fingerprint density at radius 3 is 2.48 bits per heavy atom. The summed E-state index contributed by atoms with van der Waals surface area (Å²) in [5.41, 5.74) is 1.48. The molecule has 0 spiro atoms. The highest BCUT2D eigenvalue weighted by molar-refractivity contribution is 6.30. The number of hydrogen-bond donors (Lipinski definition) is 2. The number of anilines is 2. The van der Waals surface area contributed by atoms with E-state index in [4.69, 9.17) is 11.6 Å². The molecule has 21 heavy (non-hydrogen) atoms. The Kier molecular flexibility index (Phi) is 5.17. The molecule has 0 atom stereocenters. The minimum Gasteiger partial charge on any atom is -0.384 e. The number of benzene rings is 1. The van der Waals surface area contributed by atoms with Crippen LogP contribution in [0.15, 0.2) is 42.6 Å². The normalized spacial score (nSPS) is 10.5. The van der Waals surface area contributed by atoms with E-state index in [2.05, 4.69) is 29.5 Å². The number of nitrogens with one attached hydrogen (secondary N) is 2. The van der Waals surface area contributed by atoms with Crippen LogP contribution in [0.5, 0.6) is 0 Å². The predicted octanol–water partition coefficient (Wildman–Crippen LogP) is 4.06. The average molecular weight is 304 g/mol. The molecule has 1 aromatic heterocycles. The molecule has 2 aromatic rings. The van der Waals surface area contributed by atoms with Crippen molar-refractivity contribution >= 4 is 29.0 Å². The molecule has 0 bridgehead atoms. The number of nitrogens with zero attached hydrogens (tertiary/aromatic N) is 1. The molecule has 0 saturated heterocycles. The third kappa shape index (κ3) is 4.76. The summed E-state index contributed by atoms with van der Waals surface area (Å²) in [5, 5.41) is 6.62. The van der Waals surface area contributed by atoms with E-state index in [-0.39, 0.29) is 5.91 Å². The van der Waals surface area contributed by atoms with Gasteiger partial charge in [-0.2, -0.15) is 0 Å². The first-order valence-corrected chi connectivity index (χ1v) is 7.19. The maximum absolute atomic E-state index is 12.0. The number of rotatable bonds is 5. The van der Waals surface area contributed by atoms with Gasteiger partial charge in [0.05, 0.1) is 11.9 Å². The van der Waals surface area contributed by atoms with Gasteiger partial charge in [0.15, 0.2) is 0 Å². The second-order valence-corrected chi connectivity index (χ2v) is 5.60. The van der Waals surface area contributed by atoms with Gasteiger partial charge in [-0.1, -0.05) is 25.4 Å². The maximum Gasteiger partial charge on any atom is 0.256 e. The molecule has 0 aliphatic carbocycles. The van der Waals surface area contributed by atoms with E-state index in [1.807, 2.05) is 6.07 Å². The predicted molar refractivity (Wildman–Crippen MR) is 87.0 cm³/mol. The largest absolute Gasteiger partial charge is 0.384 e. The number of carbonyl (C=O) groups is 1. The van der Waals surface area contributed by atoms with Crippen LogP contribution in [-0.4, -0.2) is 17.4 Å². The first-order chi connectivity index (χ1) is 10.0. The van der Waals surface area contributed by atoms with Crippen LogP contribution in [0.25, 0.3) is 0 Å². The van der Waals surface area contributed by atoms with Crippen LogP contribution >= 0.6 is 11.6 Å². The van der Waals surface area contributed by atoms with Crippen LogP contribution in [0.4, 0.5) is 11.5 Å². The third-order valence-electron chi connectivity index (χ3n) is 2.83. The van der Waals surface area contributed by atoms with Gasteiger partial charge < -0.3 is 10.6 Å². The van der Waals surface area contributed by atoms with Crippen molar-refractivity contribution in [2.24, 2.45) is 5.92 Å². The minimum atomic E-state index is -0.206. The fraction of sp³-hybridized carbons (Fsp3) is 0.250. The first kappa shape index (κ1) is 15.3. The summed E-state index contributed by atoms with van der Waals surface area (Å²) in [4.78, 5) is 16.2. The van der Waals surface area contributed by atoms with E-state index < -0.39 is 0 Å². The van der Waals surface area contributed by atoms with Gasteiger partial charge in [0.25, 0.3) is 5.91 Å². The van der Waals surface area contributed by atoms with Gasteiger partial charge >= 0.3 is 0 Å². The van der Waals surface area contributed by atoms with Crippen LogP contribution in [0.1, 0.15) is 24.2 Å². The van der Waals surface area contributed by atoms with Crippen molar-refractivity contribution in [2.45, 2.75) is 13.8 Å². The molecule has 2 N–H and O–H groups in total. The smallest absolute Gasteiger partial charge is 0.256 e. The molecule has 4 nitrogen and oxygen atoms in total.